The number of ether oxygens (including phenoxy) is 1. The van der Waals surface area contributed by atoms with Gasteiger partial charge in [0.15, 0.2) is 0 Å². The molecule has 1 heterocycles. The molecule has 0 radical (unpaired) electrons. The van der Waals surface area contributed by atoms with E-state index in [2.05, 4.69) is 10.3 Å². The van der Waals surface area contributed by atoms with Crippen LogP contribution in [-0.4, -0.2) is 17.5 Å². The van der Waals surface area contributed by atoms with Gasteiger partial charge in [-0.25, -0.2) is 0 Å². The molecule has 0 fully saturated rings. The molecular weight excluding hydrogens is 280 g/mol. The van der Waals surface area contributed by atoms with Crippen LogP contribution in [0.1, 0.15) is 41.5 Å². The van der Waals surface area contributed by atoms with Gasteiger partial charge in [0.25, 0.3) is 11.5 Å². The van der Waals surface area contributed by atoms with Gasteiger partial charge in [-0.05, 0) is 50.6 Å². The van der Waals surface area contributed by atoms with E-state index >= 15 is 0 Å². The van der Waals surface area contributed by atoms with Crippen LogP contribution >= 0.6 is 0 Å². The first kappa shape index (κ1) is 15.8. The SMILES string of the molecule is CCOc1cccc([C@@H](C)NC(=O)c2ccc(C)[nH]c2=O)c1. The number of aromatic nitrogens is 1. The smallest absolute Gasteiger partial charge is 0.260 e. The normalized spacial score (nSPS) is 11.8. The summed E-state index contributed by atoms with van der Waals surface area (Å²) in [4.78, 5) is 26.6. The van der Waals surface area contributed by atoms with E-state index in [-0.39, 0.29) is 17.2 Å². The van der Waals surface area contributed by atoms with Crippen LogP contribution in [0.25, 0.3) is 0 Å². The number of hydrogen-bond acceptors (Lipinski definition) is 3. The van der Waals surface area contributed by atoms with Crippen molar-refractivity contribution in [2.24, 2.45) is 0 Å². The molecule has 1 aromatic heterocycles. The highest BCUT2D eigenvalue weighted by atomic mass is 16.5. The summed E-state index contributed by atoms with van der Waals surface area (Å²) in [6, 6.07) is 10.5. The fourth-order valence-corrected chi connectivity index (χ4v) is 2.15. The van der Waals surface area contributed by atoms with Gasteiger partial charge in [-0.1, -0.05) is 12.1 Å². The van der Waals surface area contributed by atoms with Gasteiger partial charge in [-0.2, -0.15) is 0 Å². The molecule has 1 atom stereocenters. The van der Waals surface area contributed by atoms with Gasteiger partial charge < -0.3 is 15.0 Å². The minimum absolute atomic E-state index is 0.110. The third kappa shape index (κ3) is 3.75. The first-order chi connectivity index (χ1) is 10.5. The van der Waals surface area contributed by atoms with Gasteiger partial charge in [0.1, 0.15) is 11.3 Å². The second kappa shape index (κ2) is 6.93. The molecule has 0 saturated carbocycles. The van der Waals surface area contributed by atoms with Gasteiger partial charge in [0.05, 0.1) is 12.6 Å². The van der Waals surface area contributed by atoms with Crippen LogP contribution in [0.5, 0.6) is 5.75 Å². The molecule has 0 aliphatic rings. The van der Waals surface area contributed by atoms with Gasteiger partial charge in [-0.3, -0.25) is 9.59 Å². The largest absolute Gasteiger partial charge is 0.494 e. The molecule has 2 rings (SSSR count). The topological polar surface area (TPSA) is 71.2 Å². The van der Waals surface area contributed by atoms with Gasteiger partial charge in [0, 0.05) is 5.69 Å². The van der Waals surface area contributed by atoms with Gasteiger partial charge >= 0.3 is 0 Å². The number of amides is 1. The van der Waals surface area contributed by atoms with Crippen molar-refractivity contribution in [2.75, 3.05) is 6.61 Å². The molecule has 2 aromatic rings. The van der Waals surface area contributed by atoms with Crippen molar-refractivity contribution in [1.29, 1.82) is 0 Å². The van der Waals surface area contributed by atoms with Crippen molar-refractivity contribution in [1.82, 2.24) is 10.3 Å². The number of nitrogens with one attached hydrogen (secondary N) is 2. The minimum atomic E-state index is -0.393. The lowest BCUT2D eigenvalue weighted by Gasteiger charge is -2.15. The lowest BCUT2D eigenvalue weighted by molar-refractivity contribution is 0.0938. The summed E-state index contributed by atoms with van der Waals surface area (Å²) in [6.45, 7) is 6.14. The van der Waals surface area contributed by atoms with Crippen LogP contribution in [0.3, 0.4) is 0 Å². The second-order valence-electron chi connectivity index (χ2n) is 5.08. The summed E-state index contributed by atoms with van der Waals surface area (Å²) < 4.78 is 5.45. The van der Waals surface area contributed by atoms with E-state index < -0.39 is 5.91 Å². The molecule has 0 unspecified atom stereocenters. The highest BCUT2D eigenvalue weighted by Gasteiger charge is 2.14. The summed E-state index contributed by atoms with van der Waals surface area (Å²) >= 11 is 0. The number of carbonyl (C=O) groups excluding carboxylic acids is 1. The Morgan fingerprint density at radius 3 is 2.77 bits per heavy atom. The molecule has 5 heteroatoms. The van der Waals surface area contributed by atoms with Crippen molar-refractivity contribution in [2.45, 2.75) is 26.8 Å². The van der Waals surface area contributed by atoms with E-state index in [1.165, 1.54) is 6.07 Å². The number of rotatable bonds is 5. The predicted molar refractivity (Wildman–Crippen MR) is 85.3 cm³/mol. The van der Waals surface area contributed by atoms with E-state index in [1.54, 1.807) is 13.0 Å². The van der Waals surface area contributed by atoms with Crippen molar-refractivity contribution in [3.05, 3.63) is 63.6 Å². The van der Waals surface area contributed by atoms with Crippen LogP contribution in [0.15, 0.2) is 41.2 Å². The maximum atomic E-state index is 12.2. The van der Waals surface area contributed by atoms with Gasteiger partial charge in [-0.15, -0.1) is 0 Å². The Bertz CT molecular complexity index is 722. The number of aromatic amines is 1. The van der Waals surface area contributed by atoms with Crippen molar-refractivity contribution < 1.29 is 9.53 Å². The zero-order chi connectivity index (χ0) is 16.1. The first-order valence-corrected chi connectivity index (χ1v) is 7.24. The highest BCUT2D eigenvalue weighted by molar-refractivity contribution is 5.94. The molecule has 116 valence electrons. The molecule has 5 nitrogen and oxygen atoms in total. The maximum Gasteiger partial charge on any atom is 0.260 e. The molecule has 0 saturated heterocycles. The Labute approximate surface area is 129 Å². The summed E-state index contributed by atoms with van der Waals surface area (Å²) in [5.74, 6) is 0.366. The Kier molecular flexibility index (Phi) is 4.99. The quantitative estimate of drug-likeness (QED) is 0.891. The highest BCUT2D eigenvalue weighted by Crippen LogP contribution is 2.19. The predicted octanol–water partition coefficient (Wildman–Crippen LogP) is 2.57. The zero-order valence-corrected chi connectivity index (χ0v) is 13.0. The molecule has 0 aliphatic carbocycles. The van der Waals surface area contributed by atoms with Gasteiger partial charge in [0.2, 0.25) is 0 Å². The third-order valence-corrected chi connectivity index (χ3v) is 3.32. The minimum Gasteiger partial charge on any atom is -0.494 e. The Morgan fingerprint density at radius 1 is 1.32 bits per heavy atom. The van der Waals surface area contributed by atoms with Crippen LogP contribution < -0.4 is 15.6 Å². The zero-order valence-electron chi connectivity index (χ0n) is 13.0. The van der Waals surface area contributed by atoms with Crippen molar-refractivity contribution >= 4 is 5.91 Å². The number of aryl methyl sites for hydroxylation is 1. The van der Waals surface area contributed by atoms with E-state index in [1.807, 2.05) is 38.1 Å². The summed E-state index contributed by atoms with van der Waals surface area (Å²) in [5.41, 5.74) is 1.37. The summed E-state index contributed by atoms with van der Waals surface area (Å²) in [6.07, 6.45) is 0. The summed E-state index contributed by atoms with van der Waals surface area (Å²) in [5, 5.41) is 2.83. The molecule has 22 heavy (non-hydrogen) atoms. The van der Waals surface area contributed by atoms with E-state index in [9.17, 15) is 9.59 Å². The molecule has 2 N–H and O–H groups in total. The fraction of sp³-hybridized carbons (Fsp3) is 0.294. The van der Waals surface area contributed by atoms with Crippen molar-refractivity contribution in [3.63, 3.8) is 0 Å². The van der Waals surface area contributed by atoms with Crippen LogP contribution in [0, 0.1) is 6.92 Å². The second-order valence-corrected chi connectivity index (χ2v) is 5.08. The Morgan fingerprint density at radius 2 is 2.09 bits per heavy atom. The molecular formula is C17H20N2O3. The number of H-pyrrole nitrogens is 1. The number of pyridine rings is 1. The monoisotopic (exact) mass is 300 g/mol. The fourth-order valence-electron chi connectivity index (χ4n) is 2.15. The third-order valence-electron chi connectivity index (χ3n) is 3.32. The van der Waals surface area contributed by atoms with Crippen LogP contribution in [0.4, 0.5) is 0 Å². The molecule has 0 spiro atoms. The van der Waals surface area contributed by atoms with E-state index in [4.69, 9.17) is 4.74 Å². The molecule has 0 aliphatic heterocycles. The summed E-state index contributed by atoms with van der Waals surface area (Å²) in [7, 11) is 0. The average molecular weight is 300 g/mol. The van der Waals surface area contributed by atoms with Crippen LogP contribution in [0.2, 0.25) is 0 Å². The standard InChI is InChI=1S/C17H20N2O3/c1-4-22-14-7-5-6-13(10-14)12(3)19-17(21)15-9-8-11(2)18-16(15)20/h5-10,12H,4H2,1-3H3,(H,18,20)(H,19,21)/t12-/m1/s1. The lowest BCUT2D eigenvalue weighted by atomic mass is 10.1. The van der Waals surface area contributed by atoms with Crippen molar-refractivity contribution in [3.8, 4) is 5.75 Å². The first-order valence-electron chi connectivity index (χ1n) is 7.24. The maximum absolute atomic E-state index is 12.2. The number of carbonyl (C=O) groups is 1. The lowest BCUT2D eigenvalue weighted by Crippen LogP contribution is -2.31. The molecule has 1 amide bonds. The van der Waals surface area contributed by atoms with E-state index in [0.717, 1.165) is 17.0 Å². The van der Waals surface area contributed by atoms with Crippen LogP contribution in [-0.2, 0) is 0 Å². The number of hydrogen-bond donors (Lipinski definition) is 2. The number of benzene rings is 1. The van der Waals surface area contributed by atoms with E-state index in [0.29, 0.717) is 6.61 Å². The Balaban J connectivity index is 2.14. The molecule has 1 aromatic carbocycles. The molecule has 0 bridgehead atoms. The Hall–Kier alpha value is -2.56. The average Bonchev–Trinajstić information content (AvgIpc) is 2.47.